The van der Waals surface area contributed by atoms with Gasteiger partial charge in [0, 0.05) is 5.56 Å². The van der Waals surface area contributed by atoms with Crippen LogP contribution >= 0.6 is 15.9 Å². The second-order valence-electron chi connectivity index (χ2n) is 4.90. The van der Waals surface area contributed by atoms with E-state index in [1.807, 2.05) is 13.0 Å². The predicted octanol–water partition coefficient (Wildman–Crippen LogP) is 3.63. The predicted molar refractivity (Wildman–Crippen MR) is 99.9 cm³/mol. The number of amides is 1. The van der Waals surface area contributed by atoms with E-state index in [9.17, 15) is 4.79 Å². The van der Waals surface area contributed by atoms with Gasteiger partial charge in [-0.05, 0) is 58.7 Å². The monoisotopic (exact) mass is 406 g/mol. The van der Waals surface area contributed by atoms with Crippen molar-refractivity contribution in [1.29, 1.82) is 0 Å². The van der Waals surface area contributed by atoms with E-state index < -0.39 is 0 Å². The van der Waals surface area contributed by atoms with E-state index in [1.54, 1.807) is 44.6 Å². The van der Waals surface area contributed by atoms with Gasteiger partial charge in [-0.15, -0.1) is 0 Å². The summed E-state index contributed by atoms with van der Waals surface area (Å²) in [5.74, 6) is 1.49. The fourth-order valence-corrected chi connectivity index (χ4v) is 2.74. The highest BCUT2D eigenvalue weighted by Crippen LogP contribution is 2.36. The lowest BCUT2D eigenvalue weighted by molar-refractivity contribution is 0.0955. The summed E-state index contributed by atoms with van der Waals surface area (Å²) in [6.45, 7) is 2.40. The highest BCUT2D eigenvalue weighted by Gasteiger charge is 2.10. The third-order valence-electron chi connectivity index (χ3n) is 3.25. The summed E-state index contributed by atoms with van der Waals surface area (Å²) in [7, 11) is 3.12. The molecule has 0 spiro atoms. The standard InChI is InChI=1S/C18H19BrN2O4/c1-4-25-16-9-12(8-15(19)17(16)24-3)11-20-21-18(22)13-6-5-7-14(10-13)23-2/h5-11H,4H2,1-3H3,(H,21,22)/b20-11+. The number of rotatable bonds is 7. The molecule has 0 aliphatic carbocycles. The molecule has 2 aromatic rings. The van der Waals surface area contributed by atoms with Crippen LogP contribution in [-0.2, 0) is 0 Å². The molecule has 0 aliphatic rings. The van der Waals surface area contributed by atoms with E-state index in [-0.39, 0.29) is 5.91 Å². The number of nitrogens with zero attached hydrogens (tertiary/aromatic N) is 1. The van der Waals surface area contributed by atoms with Crippen molar-refractivity contribution in [1.82, 2.24) is 5.43 Å². The molecule has 0 saturated heterocycles. The van der Waals surface area contributed by atoms with E-state index in [0.717, 1.165) is 10.0 Å². The Kier molecular flexibility index (Phi) is 6.82. The summed E-state index contributed by atoms with van der Waals surface area (Å²) in [6.07, 6.45) is 1.53. The molecular weight excluding hydrogens is 388 g/mol. The number of nitrogens with one attached hydrogen (secondary N) is 1. The van der Waals surface area contributed by atoms with Crippen LogP contribution in [0.5, 0.6) is 17.2 Å². The van der Waals surface area contributed by atoms with Gasteiger partial charge in [0.2, 0.25) is 0 Å². The first kappa shape index (κ1) is 18.8. The summed E-state index contributed by atoms with van der Waals surface area (Å²) in [5, 5.41) is 3.99. The smallest absolute Gasteiger partial charge is 0.271 e. The Balaban J connectivity index is 2.12. The summed E-state index contributed by atoms with van der Waals surface area (Å²) in [6, 6.07) is 10.4. The Hall–Kier alpha value is -2.54. The normalized spacial score (nSPS) is 10.6. The van der Waals surface area contributed by atoms with E-state index in [0.29, 0.717) is 29.4 Å². The first-order valence-corrected chi connectivity index (χ1v) is 8.36. The minimum absolute atomic E-state index is 0.326. The van der Waals surface area contributed by atoms with Gasteiger partial charge in [0.15, 0.2) is 11.5 Å². The molecule has 25 heavy (non-hydrogen) atoms. The number of halogens is 1. The Labute approximate surface area is 154 Å². The van der Waals surface area contributed by atoms with E-state index in [1.165, 1.54) is 6.21 Å². The van der Waals surface area contributed by atoms with Crippen LogP contribution in [0.3, 0.4) is 0 Å². The van der Waals surface area contributed by atoms with Crippen molar-refractivity contribution in [2.24, 2.45) is 5.10 Å². The van der Waals surface area contributed by atoms with Crippen LogP contribution in [0.25, 0.3) is 0 Å². The van der Waals surface area contributed by atoms with Crippen molar-refractivity contribution < 1.29 is 19.0 Å². The summed E-state index contributed by atoms with van der Waals surface area (Å²) < 4.78 is 16.7. The van der Waals surface area contributed by atoms with Gasteiger partial charge in [0.1, 0.15) is 5.75 Å². The largest absolute Gasteiger partial charge is 0.497 e. The number of carbonyl (C=O) groups is 1. The van der Waals surface area contributed by atoms with Crippen molar-refractivity contribution in [3.8, 4) is 17.2 Å². The van der Waals surface area contributed by atoms with Crippen LogP contribution < -0.4 is 19.6 Å². The average molecular weight is 407 g/mol. The van der Waals surface area contributed by atoms with Crippen molar-refractivity contribution in [2.45, 2.75) is 6.92 Å². The number of hydrogen-bond acceptors (Lipinski definition) is 5. The van der Waals surface area contributed by atoms with Crippen molar-refractivity contribution in [3.63, 3.8) is 0 Å². The van der Waals surface area contributed by atoms with Gasteiger partial charge in [0.05, 0.1) is 31.5 Å². The molecule has 7 heteroatoms. The Morgan fingerprint density at radius 3 is 2.72 bits per heavy atom. The molecule has 0 bridgehead atoms. The quantitative estimate of drug-likeness (QED) is 0.562. The zero-order valence-electron chi connectivity index (χ0n) is 14.2. The molecule has 0 fully saturated rings. The van der Waals surface area contributed by atoms with Crippen LogP contribution in [-0.4, -0.2) is 32.9 Å². The van der Waals surface area contributed by atoms with E-state index >= 15 is 0 Å². The summed E-state index contributed by atoms with van der Waals surface area (Å²) in [4.78, 5) is 12.1. The molecule has 0 radical (unpaired) electrons. The minimum atomic E-state index is -0.326. The molecule has 1 amide bonds. The molecule has 0 atom stereocenters. The van der Waals surface area contributed by atoms with Crippen LogP contribution in [0.2, 0.25) is 0 Å². The number of methoxy groups -OCH3 is 2. The van der Waals surface area contributed by atoms with Gasteiger partial charge in [-0.2, -0.15) is 5.10 Å². The highest BCUT2D eigenvalue weighted by atomic mass is 79.9. The summed E-state index contributed by atoms with van der Waals surface area (Å²) >= 11 is 3.43. The van der Waals surface area contributed by atoms with Crippen LogP contribution in [0.4, 0.5) is 0 Å². The molecule has 2 rings (SSSR count). The SMILES string of the molecule is CCOc1cc(/C=N/NC(=O)c2cccc(OC)c2)cc(Br)c1OC. The molecule has 6 nitrogen and oxygen atoms in total. The molecule has 132 valence electrons. The maximum Gasteiger partial charge on any atom is 0.271 e. The third kappa shape index (κ3) is 4.96. The fraction of sp³-hybridized carbons (Fsp3) is 0.222. The molecular formula is C18H19BrN2O4. The molecule has 1 N–H and O–H groups in total. The second kappa shape index (κ2) is 9.08. The van der Waals surface area contributed by atoms with Gasteiger partial charge < -0.3 is 14.2 Å². The Morgan fingerprint density at radius 2 is 2.04 bits per heavy atom. The highest BCUT2D eigenvalue weighted by molar-refractivity contribution is 9.10. The third-order valence-corrected chi connectivity index (χ3v) is 3.84. The van der Waals surface area contributed by atoms with E-state index in [4.69, 9.17) is 14.2 Å². The zero-order chi connectivity index (χ0) is 18.2. The Morgan fingerprint density at radius 1 is 1.24 bits per heavy atom. The van der Waals surface area contributed by atoms with Gasteiger partial charge >= 0.3 is 0 Å². The van der Waals surface area contributed by atoms with Crippen molar-refractivity contribution in [3.05, 3.63) is 52.0 Å². The maximum absolute atomic E-state index is 12.1. The fourth-order valence-electron chi connectivity index (χ4n) is 2.12. The number of benzene rings is 2. The maximum atomic E-state index is 12.1. The first-order valence-electron chi connectivity index (χ1n) is 7.56. The molecule has 0 saturated carbocycles. The number of hydrogen-bond donors (Lipinski definition) is 1. The zero-order valence-corrected chi connectivity index (χ0v) is 15.8. The second-order valence-corrected chi connectivity index (χ2v) is 5.75. The molecule has 0 aliphatic heterocycles. The number of hydrazone groups is 1. The van der Waals surface area contributed by atoms with Crippen LogP contribution in [0, 0.1) is 0 Å². The number of carbonyl (C=O) groups excluding carboxylic acids is 1. The average Bonchev–Trinajstić information content (AvgIpc) is 2.62. The molecule has 2 aromatic carbocycles. The lowest BCUT2D eigenvalue weighted by Crippen LogP contribution is -2.17. The lowest BCUT2D eigenvalue weighted by atomic mass is 10.2. The van der Waals surface area contributed by atoms with Crippen LogP contribution in [0.1, 0.15) is 22.8 Å². The summed E-state index contributed by atoms with van der Waals surface area (Å²) in [5.41, 5.74) is 3.70. The molecule has 0 unspecified atom stereocenters. The van der Waals surface area contributed by atoms with Gasteiger partial charge in [-0.1, -0.05) is 6.07 Å². The lowest BCUT2D eigenvalue weighted by Gasteiger charge is -2.11. The van der Waals surface area contributed by atoms with Gasteiger partial charge in [0.25, 0.3) is 5.91 Å². The van der Waals surface area contributed by atoms with Crippen molar-refractivity contribution >= 4 is 28.1 Å². The topological polar surface area (TPSA) is 69.2 Å². The van der Waals surface area contributed by atoms with E-state index in [2.05, 4.69) is 26.5 Å². The Bertz CT molecular complexity index is 778. The van der Waals surface area contributed by atoms with Gasteiger partial charge in [-0.3, -0.25) is 4.79 Å². The van der Waals surface area contributed by atoms with Crippen LogP contribution in [0.15, 0.2) is 46.0 Å². The molecule has 0 heterocycles. The van der Waals surface area contributed by atoms with Gasteiger partial charge in [-0.25, -0.2) is 5.43 Å². The van der Waals surface area contributed by atoms with Crippen molar-refractivity contribution in [2.75, 3.05) is 20.8 Å². The minimum Gasteiger partial charge on any atom is -0.497 e. The molecule has 0 aromatic heterocycles. The number of ether oxygens (including phenoxy) is 3. The first-order chi connectivity index (χ1) is 12.1.